The van der Waals surface area contributed by atoms with E-state index in [1.807, 2.05) is 54.6 Å². The molecule has 8 nitrogen and oxygen atoms in total. The number of carbonyl (C=O) groups is 1. The number of benzene rings is 2. The first-order valence-corrected chi connectivity index (χ1v) is 10.0. The molecule has 31 heavy (non-hydrogen) atoms. The highest BCUT2D eigenvalue weighted by molar-refractivity contribution is 5.88. The van der Waals surface area contributed by atoms with Crippen LogP contribution in [0.5, 0.6) is 5.75 Å². The third kappa shape index (κ3) is 4.05. The third-order valence-corrected chi connectivity index (χ3v) is 5.06. The Labute approximate surface area is 178 Å². The molecule has 0 unspecified atom stereocenters. The van der Waals surface area contributed by atoms with Crippen molar-refractivity contribution in [3.05, 3.63) is 77.9 Å². The number of ether oxygens (including phenoxy) is 2. The van der Waals surface area contributed by atoms with Crippen molar-refractivity contribution in [2.75, 3.05) is 7.11 Å². The Hall–Kier alpha value is -3.94. The molecule has 0 bridgehead atoms. The molecule has 2 aromatic carbocycles. The van der Waals surface area contributed by atoms with E-state index in [1.54, 1.807) is 17.9 Å². The minimum absolute atomic E-state index is 0.130. The molecule has 4 aromatic rings. The number of methoxy groups -OCH3 is 1. The van der Waals surface area contributed by atoms with E-state index in [9.17, 15) is 4.79 Å². The number of carbonyl (C=O) groups excluding carboxylic acids is 1. The van der Waals surface area contributed by atoms with Crippen LogP contribution in [0.3, 0.4) is 0 Å². The molecule has 0 saturated heterocycles. The zero-order valence-electron chi connectivity index (χ0n) is 16.9. The van der Waals surface area contributed by atoms with Gasteiger partial charge in [-0.1, -0.05) is 35.5 Å². The number of esters is 1. The number of aromatic nitrogens is 4. The van der Waals surface area contributed by atoms with Crippen LogP contribution in [0.1, 0.15) is 40.8 Å². The fraction of sp³-hybridized carbons (Fsp3) is 0.217. The average molecular weight is 416 g/mol. The van der Waals surface area contributed by atoms with Crippen molar-refractivity contribution in [1.29, 1.82) is 0 Å². The largest absolute Gasteiger partial charge is 0.497 e. The van der Waals surface area contributed by atoms with Crippen molar-refractivity contribution in [3.63, 3.8) is 0 Å². The molecule has 1 fully saturated rings. The van der Waals surface area contributed by atoms with E-state index in [1.165, 1.54) is 0 Å². The zero-order valence-corrected chi connectivity index (χ0v) is 16.9. The molecule has 0 radical (unpaired) electrons. The van der Waals surface area contributed by atoms with E-state index in [-0.39, 0.29) is 12.5 Å². The molecule has 2 heterocycles. The van der Waals surface area contributed by atoms with Crippen LogP contribution in [0.4, 0.5) is 0 Å². The SMILES string of the molecule is COc1cccc(-c2noc(COC(=O)c3cc(C4CC4)nn3-c3ccccc3)n2)c1. The summed E-state index contributed by atoms with van der Waals surface area (Å²) >= 11 is 0. The van der Waals surface area contributed by atoms with Gasteiger partial charge in [0, 0.05) is 11.5 Å². The molecule has 0 atom stereocenters. The Morgan fingerprint density at radius 2 is 1.97 bits per heavy atom. The maximum Gasteiger partial charge on any atom is 0.357 e. The predicted octanol–water partition coefficient (Wildman–Crippen LogP) is 4.17. The Kier molecular flexibility index (Phi) is 4.95. The summed E-state index contributed by atoms with van der Waals surface area (Å²) in [6.45, 7) is -0.130. The fourth-order valence-corrected chi connectivity index (χ4v) is 3.28. The Morgan fingerprint density at radius 3 is 2.74 bits per heavy atom. The molecule has 0 spiro atoms. The quantitative estimate of drug-likeness (QED) is 0.418. The van der Waals surface area contributed by atoms with Crippen molar-refractivity contribution < 1.29 is 18.8 Å². The second-order valence-corrected chi connectivity index (χ2v) is 7.30. The summed E-state index contributed by atoms with van der Waals surface area (Å²) in [4.78, 5) is 17.2. The lowest BCUT2D eigenvalue weighted by molar-refractivity contribution is 0.0419. The molecule has 1 aliphatic carbocycles. The van der Waals surface area contributed by atoms with E-state index in [4.69, 9.17) is 14.0 Å². The third-order valence-electron chi connectivity index (χ3n) is 5.06. The number of nitrogens with zero attached hydrogens (tertiary/aromatic N) is 4. The molecule has 8 heteroatoms. The molecule has 5 rings (SSSR count). The maximum absolute atomic E-state index is 12.8. The van der Waals surface area contributed by atoms with Crippen molar-refractivity contribution in [1.82, 2.24) is 19.9 Å². The molecule has 1 saturated carbocycles. The van der Waals surface area contributed by atoms with Gasteiger partial charge in [0.1, 0.15) is 5.75 Å². The molecular formula is C23H20N4O4. The summed E-state index contributed by atoms with van der Waals surface area (Å²) in [5.41, 5.74) is 2.84. The van der Waals surface area contributed by atoms with E-state index >= 15 is 0 Å². The lowest BCUT2D eigenvalue weighted by Crippen LogP contribution is -2.12. The van der Waals surface area contributed by atoms with Crippen molar-refractivity contribution in [3.8, 4) is 22.8 Å². The summed E-state index contributed by atoms with van der Waals surface area (Å²) < 4.78 is 17.6. The van der Waals surface area contributed by atoms with Crippen molar-refractivity contribution in [2.45, 2.75) is 25.4 Å². The lowest BCUT2D eigenvalue weighted by Gasteiger charge is -2.06. The zero-order chi connectivity index (χ0) is 21.2. The van der Waals surface area contributed by atoms with Crippen molar-refractivity contribution >= 4 is 5.97 Å². The Morgan fingerprint density at radius 1 is 1.13 bits per heavy atom. The normalized spacial score (nSPS) is 13.2. The second-order valence-electron chi connectivity index (χ2n) is 7.30. The van der Waals surface area contributed by atoms with E-state index < -0.39 is 5.97 Å². The number of hydrogen-bond donors (Lipinski definition) is 0. The smallest absolute Gasteiger partial charge is 0.357 e. The highest BCUT2D eigenvalue weighted by Crippen LogP contribution is 2.39. The molecule has 0 amide bonds. The van der Waals surface area contributed by atoms with Crippen LogP contribution in [0.15, 0.2) is 65.2 Å². The monoisotopic (exact) mass is 416 g/mol. The summed E-state index contributed by atoms with van der Waals surface area (Å²) in [6.07, 6.45) is 2.19. The second kappa shape index (κ2) is 8.06. The summed E-state index contributed by atoms with van der Waals surface area (Å²) in [7, 11) is 1.59. The number of rotatable bonds is 7. The molecule has 156 valence electrons. The van der Waals surface area contributed by atoms with Crippen LogP contribution in [-0.2, 0) is 11.3 Å². The fourth-order valence-electron chi connectivity index (χ4n) is 3.28. The highest BCUT2D eigenvalue weighted by Gasteiger charge is 2.29. The average Bonchev–Trinajstić information content (AvgIpc) is 3.39. The van der Waals surface area contributed by atoms with Gasteiger partial charge in [0.15, 0.2) is 12.3 Å². The molecular weight excluding hydrogens is 396 g/mol. The minimum Gasteiger partial charge on any atom is -0.497 e. The van der Waals surface area contributed by atoms with E-state index in [0.717, 1.165) is 29.8 Å². The Balaban J connectivity index is 1.33. The topological polar surface area (TPSA) is 92.3 Å². The standard InChI is InChI=1S/C23H20N4O4/c1-29-18-9-5-6-16(12-18)22-24-21(31-26-22)14-30-23(28)20-13-19(15-10-11-15)25-27(20)17-7-3-2-4-8-17/h2-9,12-13,15H,10-11,14H2,1H3. The molecule has 2 aromatic heterocycles. The van der Waals surface area contributed by atoms with Gasteiger partial charge in [-0.15, -0.1) is 0 Å². The van der Waals surface area contributed by atoms with Gasteiger partial charge in [0.25, 0.3) is 5.89 Å². The molecule has 1 aliphatic rings. The van der Waals surface area contributed by atoms with Gasteiger partial charge in [-0.25, -0.2) is 9.48 Å². The lowest BCUT2D eigenvalue weighted by atomic mass is 10.2. The maximum atomic E-state index is 12.8. The first-order valence-electron chi connectivity index (χ1n) is 10.0. The Bertz CT molecular complexity index is 1210. The van der Waals surface area contributed by atoms with Gasteiger partial charge < -0.3 is 14.0 Å². The van der Waals surface area contributed by atoms with Crippen LogP contribution in [0.25, 0.3) is 17.1 Å². The first kappa shape index (κ1) is 19.0. The van der Waals surface area contributed by atoms with Gasteiger partial charge in [0.2, 0.25) is 5.82 Å². The van der Waals surface area contributed by atoms with Crippen LogP contribution >= 0.6 is 0 Å². The van der Waals surface area contributed by atoms with Crippen LogP contribution in [0, 0.1) is 0 Å². The molecule has 0 N–H and O–H groups in total. The van der Waals surface area contributed by atoms with Gasteiger partial charge >= 0.3 is 5.97 Å². The summed E-state index contributed by atoms with van der Waals surface area (Å²) in [5.74, 6) is 1.22. The molecule has 0 aliphatic heterocycles. The number of para-hydroxylation sites is 1. The predicted molar refractivity (Wildman–Crippen MR) is 111 cm³/mol. The van der Waals surface area contributed by atoms with Gasteiger partial charge in [-0.2, -0.15) is 10.1 Å². The van der Waals surface area contributed by atoms with Crippen molar-refractivity contribution in [2.24, 2.45) is 0 Å². The van der Waals surface area contributed by atoms with E-state index in [2.05, 4.69) is 15.2 Å². The van der Waals surface area contributed by atoms with E-state index in [0.29, 0.717) is 23.2 Å². The minimum atomic E-state index is -0.496. The van der Waals surface area contributed by atoms with Crippen LogP contribution < -0.4 is 4.74 Å². The van der Waals surface area contributed by atoms with Gasteiger partial charge in [-0.3, -0.25) is 0 Å². The van der Waals surface area contributed by atoms with Crippen LogP contribution in [0.2, 0.25) is 0 Å². The number of hydrogen-bond acceptors (Lipinski definition) is 7. The first-order chi connectivity index (χ1) is 15.2. The van der Waals surface area contributed by atoms with Crippen LogP contribution in [-0.4, -0.2) is 33.0 Å². The van der Waals surface area contributed by atoms with Gasteiger partial charge in [-0.05, 0) is 43.2 Å². The van der Waals surface area contributed by atoms with Gasteiger partial charge in [0.05, 0.1) is 18.5 Å². The highest BCUT2D eigenvalue weighted by atomic mass is 16.6. The summed E-state index contributed by atoms with van der Waals surface area (Å²) in [5, 5.41) is 8.59. The summed E-state index contributed by atoms with van der Waals surface area (Å²) in [6, 6.07) is 18.7.